The molecule has 0 aromatic heterocycles. The maximum Gasteiger partial charge on any atom is 0.269 e. The van der Waals surface area contributed by atoms with Crippen molar-refractivity contribution in [3.8, 4) is 0 Å². The second-order valence-corrected chi connectivity index (χ2v) is 5.34. The van der Waals surface area contributed by atoms with Crippen molar-refractivity contribution in [1.82, 2.24) is 10.2 Å². The van der Waals surface area contributed by atoms with Crippen molar-refractivity contribution in [3.05, 3.63) is 39.9 Å². The van der Waals surface area contributed by atoms with Crippen molar-refractivity contribution < 1.29 is 9.72 Å². The van der Waals surface area contributed by atoms with E-state index >= 15 is 0 Å². The van der Waals surface area contributed by atoms with Gasteiger partial charge >= 0.3 is 0 Å². The number of benzene rings is 1. The van der Waals surface area contributed by atoms with Gasteiger partial charge in [-0.2, -0.15) is 0 Å². The molecule has 0 saturated carbocycles. The van der Waals surface area contributed by atoms with E-state index < -0.39 is 4.92 Å². The second-order valence-electron chi connectivity index (χ2n) is 5.34. The Hall–Kier alpha value is -1.95. The van der Waals surface area contributed by atoms with E-state index in [0.29, 0.717) is 12.1 Å². The number of hydrogen-bond donors (Lipinski definition) is 1. The van der Waals surface area contributed by atoms with Crippen LogP contribution in [0.5, 0.6) is 0 Å². The summed E-state index contributed by atoms with van der Waals surface area (Å²) in [6.45, 7) is 6.19. The molecule has 114 valence electrons. The van der Waals surface area contributed by atoms with Gasteiger partial charge in [-0.25, -0.2) is 0 Å². The van der Waals surface area contributed by atoms with Crippen LogP contribution in [-0.2, 0) is 4.79 Å². The largest absolute Gasteiger partial charge is 0.338 e. The highest BCUT2D eigenvalue weighted by Gasteiger charge is 2.29. The molecular formula is C15H21N3O3. The molecule has 1 amide bonds. The first-order chi connectivity index (χ1) is 10.0. The number of non-ortho nitro benzene ring substituents is 1. The zero-order chi connectivity index (χ0) is 15.4. The molecule has 6 heteroatoms. The van der Waals surface area contributed by atoms with Gasteiger partial charge in [-0.1, -0.05) is 12.1 Å². The smallest absolute Gasteiger partial charge is 0.269 e. The van der Waals surface area contributed by atoms with Crippen LogP contribution in [0.3, 0.4) is 0 Å². The molecule has 1 aliphatic heterocycles. The van der Waals surface area contributed by atoms with Crippen LogP contribution in [0, 0.1) is 10.1 Å². The first kappa shape index (κ1) is 15.4. The molecule has 0 radical (unpaired) electrons. The topological polar surface area (TPSA) is 75.5 Å². The van der Waals surface area contributed by atoms with Crippen LogP contribution in [0.25, 0.3) is 0 Å². The molecule has 0 aliphatic carbocycles. The van der Waals surface area contributed by atoms with Gasteiger partial charge in [0.05, 0.1) is 10.8 Å². The number of hydrogen-bond acceptors (Lipinski definition) is 4. The van der Waals surface area contributed by atoms with Crippen LogP contribution in [0.1, 0.15) is 31.7 Å². The van der Waals surface area contributed by atoms with Crippen LogP contribution < -0.4 is 5.32 Å². The summed E-state index contributed by atoms with van der Waals surface area (Å²) in [5.74, 6) is -0.336. The summed E-state index contributed by atoms with van der Waals surface area (Å²) < 4.78 is 0. The van der Waals surface area contributed by atoms with E-state index in [-0.39, 0.29) is 23.6 Å². The predicted molar refractivity (Wildman–Crippen MR) is 80.2 cm³/mol. The van der Waals surface area contributed by atoms with Gasteiger partial charge in [0.25, 0.3) is 5.69 Å². The molecule has 2 unspecified atom stereocenters. The fourth-order valence-corrected chi connectivity index (χ4v) is 2.80. The van der Waals surface area contributed by atoms with Crippen LogP contribution in [-0.4, -0.2) is 41.4 Å². The van der Waals surface area contributed by atoms with Crippen molar-refractivity contribution in [2.45, 2.75) is 32.2 Å². The Morgan fingerprint density at radius 2 is 2.33 bits per heavy atom. The fraction of sp³-hybridized carbons (Fsp3) is 0.533. The Balaban J connectivity index is 2.17. The van der Waals surface area contributed by atoms with E-state index in [1.807, 2.05) is 18.7 Å². The zero-order valence-electron chi connectivity index (χ0n) is 12.4. The van der Waals surface area contributed by atoms with Gasteiger partial charge < -0.3 is 10.2 Å². The molecule has 0 spiro atoms. The molecule has 1 aromatic rings. The lowest BCUT2D eigenvalue weighted by Gasteiger charge is -2.30. The lowest BCUT2D eigenvalue weighted by atomic mass is 9.98. The minimum Gasteiger partial charge on any atom is -0.338 e. The lowest BCUT2D eigenvalue weighted by Crippen LogP contribution is -2.43. The minimum atomic E-state index is -0.431. The fourth-order valence-electron chi connectivity index (χ4n) is 2.80. The number of rotatable bonds is 5. The molecule has 0 bridgehead atoms. The molecule has 1 aliphatic rings. The van der Waals surface area contributed by atoms with E-state index in [2.05, 4.69) is 5.32 Å². The molecule has 2 rings (SSSR count). The number of nitro benzene ring substituents is 1. The lowest BCUT2D eigenvalue weighted by molar-refractivity contribution is -0.384. The minimum absolute atomic E-state index is 0.0257. The number of carbonyl (C=O) groups excluding carboxylic acids is 1. The average Bonchev–Trinajstić information content (AvgIpc) is 3.01. The second kappa shape index (κ2) is 6.67. The van der Waals surface area contributed by atoms with Crippen LogP contribution >= 0.6 is 0 Å². The van der Waals surface area contributed by atoms with E-state index in [1.165, 1.54) is 12.1 Å². The Morgan fingerprint density at radius 3 is 2.90 bits per heavy atom. The summed E-state index contributed by atoms with van der Waals surface area (Å²) in [4.78, 5) is 25.0. The summed E-state index contributed by atoms with van der Waals surface area (Å²) >= 11 is 0. The van der Waals surface area contributed by atoms with Crippen LogP contribution in [0.15, 0.2) is 24.3 Å². The average molecular weight is 291 g/mol. The van der Waals surface area contributed by atoms with Crippen molar-refractivity contribution in [2.24, 2.45) is 0 Å². The quantitative estimate of drug-likeness (QED) is 0.664. The summed E-state index contributed by atoms with van der Waals surface area (Å²) in [6.07, 6.45) is 0.960. The number of amides is 1. The molecule has 1 N–H and O–H groups in total. The highest BCUT2D eigenvalue weighted by atomic mass is 16.6. The maximum atomic E-state index is 12.7. The van der Waals surface area contributed by atoms with E-state index in [9.17, 15) is 14.9 Å². The molecule has 1 heterocycles. The van der Waals surface area contributed by atoms with Gasteiger partial charge in [-0.3, -0.25) is 14.9 Å². The first-order valence-corrected chi connectivity index (χ1v) is 7.30. The number of carbonyl (C=O) groups is 1. The normalized spacial score (nSPS) is 19.2. The number of nitrogens with zero attached hydrogens (tertiary/aromatic N) is 2. The van der Waals surface area contributed by atoms with Crippen LogP contribution in [0.4, 0.5) is 5.69 Å². The highest BCUT2D eigenvalue weighted by Crippen LogP contribution is 2.24. The molecule has 1 fully saturated rings. The Kier molecular flexibility index (Phi) is 4.90. The van der Waals surface area contributed by atoms with Gasteiger partial charge in [0.15, 0.2) is 0 Å². The molecular weight excluding hydrogens is 270 g/mol. The molecule has 6 nitrogen and oxygen atoms in total. The van der Waals surface area contributed by atoms with E-state index in [1.54, 1.807) is 12.1 Å². The van der Waals surface area contributed by atoms with Gasteiger partial charge in [0.1, 0.15) is 0 Å². The van der Waals surface area contributed by atoms with Crippen molar-refractivity contribution in [3.63, 3.8) is 0 Å². The third-order valence-corrected chi connectivity index (χ3v) is 4.05. The van der Waals surface area contributed by atoms with Crippen molar-refractivity contribution >= 4 is 11.6 Å². The number of nitro groups is 1. The van der Waals surface area contributed by atoms with Gasteiger partial charge in [0, 0.05) is 31.3 Å². The monoisotopic (exact) mass is 291 g/mol. The zero-order valence-corrected chi connectivity index (χ0v) is 12.4. The van der Waals surface area contributed by atoms with Crippen molar-refractivity contribution in [2.75, 3.05) is 19.6 Å². The van der Waals surface area contributed by atoms with Crippen molar-refractivity contribution in [1.29, 1.82) is 0 Å². The molecule has 1 aromatic carbocycles. The summed E-state index contributed by atoms with van der Waals surface area (Å²) in [7, 11) is 0. The standard InChI is InChI=1S/C15H21N3O3/c1-3-17(14-7-8-16-10-14)15(19)11(2)12-5-4-6-13(9-12)18(20)21/h4-6,9,11,14,16H,3,7-8,10H2,1-2H3. The van der Waals surface area contributed by atoms with Gasteiger partial charge in [-0.05, 0) is 32.4 Å². The SMILES string of the molecule is CCN(C(=O)C(C)c1cccc([N+](=O)[O-])c1)C1CCNC1. The molecule has 2 atom stereocenters. The molecule has 21 heavy (non-hydrogen) atoms. The first-order valence-electron chi connectivity index (χ1n) is 7.30. The Morgan fingerprint density at radius 1 is 1.57 bits per heavy atom. The van der Waals surface area contributed by atoms with E-state index in [4.69, 9.17) is 0 Å². The molecule has 1 saturated heterocycles. The van der Waals surface area contributed by atoms with E-state index in [0.717, 1.165) is 19.5 Å². The maximum absolute atomic E-state index is 12.7. The van der Waals surface area contributed by atoms with Gasteiger partial charge in [0.2, 0.25) is 5.91 Å². The Labute approximate surface area is 124 Å². The number of nitrogens with one attached hydrogen (secondary N) is 1. The highest BCUT2D eigenvalue weighted by molar-refractivity contribution is 5.83. The van der Waals surface area contributed by atoms with Crippen LogP contribution in [0.2, 0.25) is 0 Å². The summed E-state index contributed by atoms with van der Waals surface area (Å²) in [6, 6.07) is 6.56. The third kappa shape index (κ3) is 3.39. The Bertz CT molecular complexity index is 527. The predicted octanol–water partition coefficient (Wildman–Crippen LogP) is 1.91. The summed E-state index contributed by atoms with van der Waals surface area (Å²) in [5, 5.41) is 14.1. The third-order valence-electron chi connectivity index (χ3n) is 4.05. The van der Waals surface area contributed by atoms with Gasteiger partial charge in [-0.15, -0.1) is 0 Å². The number of likely N-dealkylation sites (N-methyl/N-ethyl adjacent to an activating group) is 1. The summed E-state index contributed by atoms with van der Waals surface area (Å²) in [5.41, 5.74) is 0.719.